The number of rotatable bonds is 8. The van der Waals surface area contributed by atoms with Crippen LogP contribution in [0.1, 0.15) is 29.8 Å². The molecular weight excluding hydrogens is 306 g/mol. The molecule has 0 aliphatic rings. The van der Waals surface area contributed by atoms with Crippen LogP contribution in [0.2, 0.25) is 0 Å². The van der Waals surface area contributed by atoms with Gasteiger partial charge in [-0.05, 0) is 38.1 Å². The van der Waals surface area contributed by atoms with E-state index < -0.39 is 0 Å². The molecule has 0 fully saturated rings. The molecular formula is C19H19NO4. The van der Waals surface area contributed by atoms with Crippen molar-refractivity contribution in [2.75, 3.05) is 19.8 Å². The topological polar surface area (TPSA) is 68.6 Å². The first-order valence-corrected chi connectivity index (χ1v) is 7.68. The van der Waals surface area contributed by atoms with Crippen molar-refractivity contribution in [3.63, 3.8) is 0 Å². The quantitative estimate of drug-likeness (QED) is 0.548. The molecule has 0 amide bonds. The second kappa shape index (κ2) is 8.59. The minimum absolute atomic E-state index is 0.0442. The van der Waals surface area contributed by atoms with E-state index in [2.05, 4.69) is 6.07 Å². The Morgan fingerprint density at radius 1 is 1.00 bits per heavy atom. The zero-order valence-corrected chi connectivity index (χ0v) is 13.7. The zero-order chi connectivity index (χ0) is 17.4. The molecule has 24 heavy (non-hydrogen) atoms. The molecule has 0 radical (unpaired) electrons. The summed E-state index contributed by atoms with van der Waals surface area (Å²) in [4.78, 5) is 11.5. The lowest BCUT2D eigenvalue weighted by atomic mass is 10.1. The Morgan fingerprint density at radius 3 is 2.38 bits per heavy atom. The number of benzene rings is 2. The SMILES string of the molecule is CCOc1cc(C#N)ccc1OCCOc1ccccc1C(C)=O. The number of ketones is 1. The van der Waals surface area contributed by atoms with Gasteiger partial charge in [0.2, 0.25) is 0 Å². The maximum Gasteiger partial charge on any atom is 0.163 e. The normalized spacial score (nSPS) is 9.88. The Labute approximate surface area is 141 Å². The number of nitriles is 1. The number of hydrogen-bond donors (Lipinski definition) is 0. The van der Waals surface area contributed by atoms with Crippen LogP contribution in [-0.2, 0) is 0 Å². The zero-order valence-electron chi connectivity index (χ0n) is 13.7. The van der Waals surface area contributed by atoms with Gasteiger partial charge in [0, 0.05) is 6.07 Å². The average molecular weight is 325 g/mol. The Kier molecular flexibility index (Phi) is 6.21. The molecule has 0 bridgehead atoms. The predicted molar refractivity (Wildman–Crippen MR) is 89.8 cm³/mol. The summed E-state index contributed by atoms with van der Waals surface area (Å²) in [6.07, 6.45) is 0. The van der Waals surface area contributed by atoms with Crippen LogP contribution in [0, 0.1) is 11.3 Å². The van der Waals surface area contributed by atoms with Gasteiger partial charge >= 0.3 is 0 Å². The average Bonchev–Trinajstić information content (AvgIpc) is 2.60. The fourth-order valence-corrected chi connectivity index (χ4v) is 2.15. The third-order valence-electron chi connectivity index (χ3n) is 3.24. The molecule has 2 aromatic rings. The van der Waals surface area contributed by atoms with Crippen molar-refractivity contribution in [1.29, 1.82) is 5.26 Å². The van der Waals surface area contributed by atoms with E-state index in [0.29, 0.717) is 35.0 Å². The van der Waals surface area contributed by atoms with Gasteiger partial charge in [-0.25, -0.2) is 0 Å². The predicted octanol–water partition coefficient (Wildman–Crippen LogP) is 3.62. The van der Waals surface area contributed by atoms with E-state index in [9.17, 15) is 4.79 Å². The third-order valence-corrected chi connectivity index (χ3v) is 3.24. The number of nitrogens with zero attached hydrogens (tertiary/aromatic N) is 1. The van der Waals surface area contributed by atoms with E-state index in [4.69, 9.17) is 19.5 Å². The molecule has 0 N–H and O–H groups in total. The van der Waals surface area contributed by atoms with Gasteiger partial charge in [0.15, 0.2) is 17.3 Å². The molecule has 2 rings (SSSR count). The maximum absolute atomic E-state index is 11.5. The molecule has 2 aromatic carbocycles. The molecule has 0 aliphatic heterocycles. The summed E-state index contributed by atoms with van der Waals surface area (Å²) in [6, 6.07) is 14.2. The van der Waals surface area contributed by atoms with Crippen LogP contribution in [0.5, 0.6) is 17.2 Å². The third kappa shape index (κ3) is 4.50. The summed E-state index contributed by atoms with van der Waals surface area (Å²) in [6.45, 7) is 4.43. The Balaban J connectivity index is 1.96. The van der Waals surface area contributed by atoms with Crippen LogP contribution in [0.3, 0.4) is 0 Å². The first kappa shape index (κ1) is 17.4. The van der Waals surface area contributed by atoms with Gasteiger partial charge in [0.25, 0.3) is 0 Å². The molecule has 0 heterocycles. The van der Waals surface area contributed by atoms with Crippen molar-refractivity contribution in [2.45, 2.75) is 13.8 Å². The van der Waals surface area contributed by atoms with E-state index >= 15 is 0 Å². The minimum Gasteiger partial charge on any atom is -0.490 e. The number of ether oxygens (including phenoxy) is 3. The van der Waals surface area contributed by atoms with Crippen molar-refractivity contribution in [3.05, 3.63) is 53.6 Å². The van der Waals surface area contributed by atoms with E-state index in [1.54, 1.807) is 36.4 Å². The van der Waals surface area contributed by atoms with Gasteiger partial charge in [-0.15, -0.1) is 0 Å². The second-order valence-corrected chi connectivity index (χ2v) is 4.96. The summed E-state index contributed by atoms with van der Waals surface area (Å²) in [5.74, 6) is 1.58. The van der Waals surface area contributed by atoms with Gasteiger partial charge in [-0.3, -0.25) is 4.79 Å². The summed E-state index contributed by atoms with van der Waals surface area (Å²) in [5, 5.41) is 8.94. The van der Waals surface area contributed by atoms with Crippen LogP contribution in [0.4, 0.5) is 0 Å². The molecule has 0 unspecified atom stereocenters. The molecule has 0 aliphatic carbocycles. The highest BCUT2D eigenvalue weighted by molar-refractivity contribution is 5.96. The summed E-state index contributed by atoms with van der Waals surface area (Å²) < 4.78 is 16.8. The van der Waals surface area contributed by atoms with E-state index in [-0.39, 0.29) is 19.0 Å². The van der Waals surface area contributed by atoms with Crippen LogP contribution in [0.25, 0.3) is 0 Å². The van der Waals surface area contributed by atoms with Crippen molar-refractivity contribution < 1.29 is 19.0 Å². The lowest BCUT2D eigenvalue weighted by Crippen LogP contribution is -2.11. The highest BCUT2D eigenvalue weighted by Gasteiger charge is 2.09. The summed E-state index contributed by atoms with van der Waals surface area (Å²) in [5.41, 5.74) is 1.06. The van der Waals surface area contributed by atoms with Gasteiger partial charge in [-0.2, -0.15) is 5.26 Å². The largest absolute Gasteiger partial charge is 0.490 e. The molecule has 0 aromatic heterocycles. The first-order valence-electron chi connectivity index (χ1n) is 7.68. The van der Waals surface area contributed by atoms with Crippen molar-refractivity contribution in [3.8, 4) is 23.3 Å². The molecule has 0 spiro atoms. The molecule has 0 saturated carbocycles. The van der Waals surface area contributed by atoms with E-state index in [0.717, 1.165) is 0 Å². The highest BCUT2D eigenvalue weighted by atomic mass is 16.5. The van der Waals surface area contributed by atoms with Gasteiger partial charge in [0.1, 0.15) is 19.0 Å². The van der Waals surface area contributed by atoms with Gasteiger partial charge in [0.05, 0.1) is 23.8 Å². The summed E-state index contributed by atoms with van der Waals surface area (Å²) in [7, 11) is 0. The Hall–Kier alpha value is -3.00. The molecule has 0 saturated heterocycles. The number of hydrogen-bond acceptors (Lipinski definition) is 5. The van der Waals surface area contributed by atoms with Crippen LogP contribution in [-0.4, -0.2) is 25.6 Å². The van der Waals surface area contributed by atoms with Crippen molar-refractivity contribution in [1.82, 2.24) is 0 Å². The lowest BCUT2D eigenvalue weighted by Gasteiger charge is -2.13. The Morgan fingerprint density at radius 2 is 1.71 bits per heavy atom. The number of para-hydroxylation sites is 1. The van der Waals surface area contributed by atoms with Crippen LogP contribution < -0.4 is 14.2 Å². The van der Waals surface area contributed by atoms with Crippen LogP contribution >= 0.6 is 0 Å². The standard InChI is InChI=1S/C19H19NO4/c1-3-22-19-12-15(13-20)8-9-18(19)24-11-10-23-17-7-5-4-6-16(17)14(2)21/h4-9,12H,3,10-11H2,1-2H3. The van der Waals surface area contributed by atoms with Gasteiger partial charge in [-0.1, -0.05) is 12.1 Å². The second-order valence-electron chi connectivity index (χ2n) is 4.96. The maximum atomic E-state index is 11.5. The Bertz CT molecular complexity index is 749. The fourth-order valence-electron chi connectivity index (χ4n) is 2.15. The van der Waals surface area contributed by atoms with Crippen molar-refractivity contribution in [2.24, 2.45) is 0 Å². The van der Waals surface area contributed by atoms with Gasteiger partial charge < -0.3 is 14.2 Å². The lowest BCUT2D eigenvalue weighted by molar-refractivity contribution is 0.101. The van der Waals surface area contributed by atoms with Crippen LogP contribution in [0.15, 0.2) is 42.5 Å². The van der Waals surface area contributed by atoms with Crippen molar-refractivity contribution >= 4 is 5.78 Å². The number of carbonyl (C=O) groups excluding carboxylic acids is 1. The van der Waals surface area contributed by atoms with E-state index in [1.807, 2.05) is 13.0 Å². The molecule has 5 heteroatoms. The molecule has 124 valence electrons. The molecule has 0 atom stereocenters. The highest BCUT2D eigenvalue weighted by Crippen LogP contribution is 2.28. The first-order chi connectivity index (χ1) is 11.7. The minimum atomic E-state index is -0.0442. The monoisotopic (exact) mass is 325 g/mol. The molecule has 5 nitrogen and oxygen atoms in total. The number of Topliss-reactive ketones (excluding diaryl/α,β-unsaturated/α-hetero) is 1. The number of carbonyl (C=O) groups is 1. The van der Waals surface area contributed by atoms with E-state index in [1.165, 1.54) is 6.92 Å². The fraction of sp³-hybridized carbons (Fsp3) is 0.263. The smallest absolute Gasteiger partial charge is 0.163 e. The summed E-state index contributed by atoms with van der Waals surface area (Å²) >= 11 is 0.